The van der Waals surface area contributed by atoms with E-state index in [9.17, 15) is 9.59 Å². The van der Waals surface area contributed by atoms with Gasteiger partial charge in [-0.25, -0.2) is 4.79 Å². The molecule has 0 aliphatic heterocycles. The molecule has 1 atom stereocenters. The summed E-state index contributed by atoms with van der Waals surface area (Å²) in [6, 6.07) is 4.05. The maximum Gasteiger partial charge on any atom is 0.410 e. The number of anilines is 1. The van der Waals surface area contributed by atoms with Crippen LogP contribution in [-0.2, 0) is 9.53 Å². The zero-order valence-corrected chi connectivity index (χ0v) is 17.7. The summed E-state index contributed by atoms with van der Waals surface area (Å²) in [4.78, 5) is 26.9. The molecule has 1 rings (SSSR count). The summed E-state index contributed by atoms with van der Waals surface area (Å²) < 4.78 is 5.45. The first-order chi connectivity index (χ1) is 12.6. The number of benzene rings is 1. The second-order valence-electron chi connectivity index (χ2n) is 7.17. The molecule has 0 fully saturated rings. The van der Waals surface area contributed by atoms with Gasteiger partial charge >= 0.3 is 6.09 Å². The number of hydrogen-bond donors (Lipinski definition) is 2. The van der Waals surface area contributed by atoms with Gasteiger partial charge in [0.25, 0.3) is 0 Å². The van der Waals surface area contributed by atoms with Crippen molar-refractivity contribution in [2.45, 2.75) is 58.6 Å². The standard InChI is InChI=1S/C19H28Cl2N2O4/c1-5-7-16(17(25)22-13-8-9-14(20)15(21)12-13)23(10-6-11-24)18(26)27-19(2,3)4/h8-9,12,16,24H,5-7,10-11H2,1-4H3,(H,22,25). The van der Waals surface area contributed by atoms with E-state index in [1.54, 1.807) is 39.0 Å². The van der Waals surface area contributed by atoms with E-state index in [0.717, 1.165) is 0 Å². The number of halogens is 2. The highest BCUT2D eigenvalue weighted by atomic mass is 35.5. The number of carbonyl (C=O) groups excluding carboxylic acids is 2. The number of aliphatic hydroxyl groups is 1. The van der Waals surface area contributed by atoms with Crippen molar-refractivity contribution in [2.75, 3.05) is 18.5 Å². The van der Waals surface area contributed by atoms with Crippen molar-refractivity contribution in [3.63, 3.8) is 0 Å². The Balaban J connectivity index is 3.04. The molecule has 2 amide bonds. The van der Waals surface area contributed by atoms with Crippen molar-refractivity contribution in [1.29, 1.82) is 0 Å². The molecule has 2 N–H and O–H groups in total. The number of nitrogens with zero attached hydrogens (tertiary/aromatic N) is 1. The smallest absolute Gasteiger partial charge is 0.410 e. The van der Waals surface area contributed by atoms with Crippen LogP contribution in [0.4, 0.5) is 10.5 Å². The molecule has 0 aromatic heterocycles. The number of carbonyl (C=O) groups is 2. The summed E-state index contributed by atoms with van der Waals surface area (Å²) in [7, 11) is 0. The summed E-state index contributed by atoms with van der Waals surface area (Å²) in [5.74, 6) is -0.348. The molecule has 1 aromatic carbocycles. The molecule has 0 spiro atoms. The van der Waals surface area contributed by atoms with E-state index >= 15 is 0 Å². The van der Waals surface area contributed by atoms with Crippen LogP contribution < -0.4 is 5.32 Å². The minimum atomic E-state index is -0.731. The number of aliphatic hydroxyl groups excluding tert-OH is 1. The molecule has 1 unspecified atom stereocenters. The summed E-state index contributed by atoms with van der Waals surface area (Å²) in [6.07, 6.45) is 0.911. The topological polar surface area (TPSA) is 78.9 Å². The molecule has 0 saturated heterocycles. The van der Waals surface area contributed by atoms with Crippen LogP contribution in [0.5, 0.6) is 0 Å². The number of nitrogens with one attached hydrogen (secondary N) is 1. The lowest BCUT2D eigenvalue weighted by molar-refractivity contribution is -0.121. The van der Waals surface area contributed by atoms with Gasteiger partial charge in [-0.2, -0.15) is 0 Å². The van der Waals surface area contributed by atoms with Crippen LogP contribution in [0.3, 0.4) is 0 Å². The Hall–Kier alpha value is -1.50. The fourth-order valence-electron chi connectivity index (χ4n) is 2.44. The molecule has 152 valence electrons. The normalized spacial score (nSPS) is 12.4. The van der Waals surface area contributed by atoms with Crippen molar-refractivity contribution in [3.8, 4) is 0 Å². The van der Waals surface area contributed by atoms with Gasteiger partial charge in [-0.1, -0.05) is 36.5 Å². The van der Waals surface area contributed by atoms with Gasteiger partial charge < -0.3 is 15.2 Å². The number of ether oxygens (including phenoxy) is 1. The Morgan fingerprint density at radius 2 is 1.93 bits per heavy atom. The monoisotopic (exact) mass is 418 g/mol. The van der Waals surface area contributed by atoms with Gasteiger partial charge in [-0.3, -0.25) is 9.69 Å². The van der Waals surface area contributed by atoms with E-state index < -0.39 is 17.7 Å². The van der Waals surface area contributed by atoms with Gasteiger partial charge in [0.15, 0.2) is 0 Å². The van der Waals surface area contributed by atoms with E-state index in [2.05, 4.69) is 5.32 Å². The Morgan fingerprint density at radius 3 is 2.44 bits per heavy atom. The molecule has 6 nitrogen and oxygen atoms in total. The highest BCUT2D eigenvalue weighted by molar-refractivity contribution is 6.42. The maximum atomic E-state index is 12.9. The van der Waals surface area contributed by atoms with Gasteiger partial charge in [0.2, 0.25) is 5.91 Å². The first-order valence-electron chi connectivity index (χ1n) is 8.95. The Kier molecular flexibility index (Phi) is 9.36. The van der Waals surface area contributed by atoms with Crippen LogP contribution in [0, 0.1) is 0 Å². The fraction of sp³-hybridized carbons (Fsp3) is 0.579. The van der Waals surface area contributed by atoms with Crippen LogP contribution in [0.25, 0.3) is 0 Å². The molecule has 27 heavy (non-hydrogen) atoms. The average molecular weight is 419 g/mol. The molecule has 0 saturated carbocycles. The molecule has 0 radical (unpaired) electrons. The molecule has 0 aliphatic carbocycles. The van der Waals surface area contributed by atoms with Crippen LogP contribution in [-0.4, -0.2) is 46.8 Å². The maximum absolute atomic E-state index is 12.9. The second-order valence-corrected chi connectivity index (χ2v) is 7.99. The van der Waals surface area contributed by atoms with Crippen LogP contribution in [0.1, 0.15) is 47.0 Å². The molecule has 1 aromatic rings. The third kappa shape index (κ3) is 7.95. The lowest BCUT2D eigenvalue weighted by Gasteiger charge is -2.32. The molecular weight excluding hydrogens is 391 g/mol. The third-order valence-corrected chi connectivity index (χ3v) is 4.35. The summed E-state index contributed by atoms with van der Waals surface area (Å²) in [6.45, 7) is 7.34. The van der Waals surface area contributed by atoms with Crippen molar-refractivity contribution in [2.24, 2.45) is 0 Å². The first kappa shape index (κ1) is 23.5. The number of hydrogen-bond acceptors (Lipinski definition) is 4. The molecular formula is C19H28Cl2N2O4. The Bertz CT molecular complexity index is 647. The predicted molar refractivity (Wildman–Crippen MR) is 108 cm³/mol. The largest absolute Gasteiger partial charge is 0.444 e. The molecule has 0 aliphatic rings. The molecule has 0 heterocycles. The minimum absolute atomic E-state index is 0.0907. The molecule has 8 heteroatoms. The fourth-order valence-corrected chi connectivity index (χ4v) is 2.74. The summed E-state index contributed by atoms with van der Waals surface area (Å²) in [5, 5.41) is 12.7. The van der Waals surface area contributed by atoms with E-state index in [0.29, 0.717) is 35.0 Å². The molecule has 0 bridgehead atoms. The number of amides is 2. The van der Waals surface area contributed by atoms with Crippen molar-refractivity contribution in [1.82, 2.24) is 4.90 Å². The van der Waals surface area contributed by atoms with E-state index in [-0.39, 0.29) is 19.1 Å². The van der Waals surface area contributed by atoms with Gasteiger partial charge in [0.05, 0.1) is 10.0 Å². The average Bonchev–Trinajstić information content (AvgIpc) is 2.56. The van der Waals surface area contributed by atoms with E-state index in [1.807, 2.05) is 6.92 Å². The predicted octanol–water partition coefficient (Wildman–Crippen LogP) is 4.72. The van der Waals surface area contributed by atoms with E-state index in [1.165, 1.54) is 4.90 Å². The van der Waals surface area contributed by atoms with Gasteiger partial charge in [-0.15, -0.1) is 0 Å². The lowest BCUT2D eigenvalue weighted by atomic mass is 10.1. The first-order valence-corrected chi connectivity index (χ1v) is 9.71. The highest BCUT2D eigenvalue weighted by Crippen LogP contribution is 2.25. The van der Waals surface area contributed by atoms with Crippen LogP contribution in [0.15, 0.2) is 18.2 Å². The zero-order valence-electron chi connectivity index (χ0n) is 16.2. The Labute approximate surface area is 170 Å². The van der Waals surface area contributed by atoms with Crippen molar-refractivity contribution < 1.29 is 19.4 Å². The van der Waals surface area contributed by atoms with Crippen molar-refractivity contribution in [3.05, 3.63) is 28.2 Å². The number of rotatable bonds is 8. The second kappa shape index (κ2) is 10.7. The van der Waals surface area contributed by atoms with Gasteiger partial charge in [-0.05, 0) is 51.8 Å². The summed E-state index contributed by atoms with van der Waals surface area (Å²) in [5.41, 5.74) is -0.201. The van der Waals surface area contributed by atoms with Crippen molar-refractivity contribution >= 4 is 40.9 Å². The summed E-state index contributed by atoms with van der Waals surface area (Å²) >= 11 is 11.9. The third-order valence-electron chi connectivity index (χ3n) is 3.61. The van der Waals surface area contributed by atoms with Gasteiger partial charge in [0.1, 0.15) is 11.6 Å². The van der Waals surface area contributed by atoms with E-state index in [4.69, 9.17) is 33.0 Å². The quantitative estimate of drug-likeness (QED) is 0.639. The van der Waals surface area contributed by atoms with Crippen LogP contribution in [0.2, 0.25) is 10.0 Å². The minimum Gasteiger partial charge on any atom is -0.444 e. The van der Waals surface area contributed by atoms with Crippen LogP contribution >= 0.6 is 23.2 Å². The zero-order chi connectivity index (χ0) is 20.6. The van der Waals surface area contributed by atoms with Gasteiger partial charge in [0, 0.05) is 18.8 Å². The SMILES string of the molecule is CCCC(C(=O)Nc1ccc(Cl)c(Cl)c1)N(CCCO)C(=O)OC(C)(C)C. The Morgan fingerprint density at radius 1 is 1.26 bits per heavy atom. The lowest BCUT2D eigenvalue weighted by Crippen LogP contribution is -2.49. The highest BCUT2D eigenvalue weighted by Gasteiger charge is 2.32.